The Hall–Kier alpha value is -0.120. The van der Waals surface area contributed by atoms with Crippen LogP contribution in [0.4, 0.5) is 0 Å². The van der Waals surface area contributed by atoms with Gasteiger partial charge in [0.1, 0.15) is 0 Å². The lowest BCUT2D eigenvalue weighted by atomic mass is 9.80. The number of nitrogens with one attached hydrogen (secondary N) is 1. The Labute approximate surface area is 113 Å². The monoisotopic (exact) mass is 257 g/mol. The molecule has 0 aliphatic carbocycles. The zero-order valence-corrected chi connectivity index (χ0v) is 12.7. The molecule has 1 aliphatic heterocycles. The lowest BCUT2D eigenvalue weighted by Gasteiger charge is -2.38. The zero-order chi connectivity index (χ0) is 13.5. The Morgan fingerprint density at radius 3 is 2.28 bits per heavy atom. The van der Waals surface area contributed by atoms with Crippen molar-refractivity contribution < 1.29 is 9.47 Å². The maximum Gasteiger partial charge on any atom is 0.0965 e. The first-order valence-electron chi connectivity index (χ1n) is 7.52. The molecule has 1 heterocycles. The van der Waals surface area contributed by atoms with Gasteiger partial charge in [-0.1, -0.05) is 27.7 Å². The predicted octanol–water partition coefficient (Wildman–Crippen LogP) is 3.19. The van der Waals surface area contributed by atoms with E-state index in [0.29, 0.717) is 12.1 Å². The Bertz CT molecular complexity index is 212. The van der Waals surface area contributed by atoms with Gasteiger partial charge in [0.2, 0.25) is 0 Å². The molecule has 3 nitrogen and oxygen atoms in total. The summed E-state index contributed by atoms with van der Waals surface area (Å²) < 4.78 is 11.6. The van der Waals surface area contributed by atoms with Crippen LogP contribution in [-0.4, -0.2) is 33.1 Å². The van der Waals surface area contributed by atoms with E-state index >= 15 is 0 Å². The van der Waals surface area contributed by atoms with Crippen molar-refractivity contribution in [3.05, 3.63) is 0 Å². The topological polar surface area (TPSA) is 30.5 Å². The molecule has 0 bridgehead atoms. The minimum atomic E-state index is 0.180. The van der Waals surface area contributed by atoms with E-state index in [1.165, 1.54) is 19.3 Å². The van der Waals surface area contributed by atoms with Crippen LogP contribution in [-0.2, 0) is 9.47 Å². The van der Waals surface area contributed by atoms with Gasteiger partial charge in [-0.05, 0) is 31.1 Å². The van der Waals surface area contributed by atoms with Crippen molar-refractivity contribution in [2.45, 2.75) is 53.4 Å². The summed E-state index contributed by atoms with van der Waals surface area (Å²) in [4.78, 5) is 0. The average Bonchev–Trinajstić information content (AvgIpc) is 2.45. The zero-order valence-electron chi connectivity index (χ0n) is 12.7. The highest BCUT2D eigenvalue weighted by atomic mass is 16.5. The van der Waals surface area contributed by atoms with Gasteiger partial charge in [0.15, 0.2) is 0 Å². The molecular formula is C15H31NO2. The first-order valence-corrected chi connectivity index (χ1v) is 7.52. The molecule has 1 rings (SSSR count). The van der Waals surface area contributed by atoms with Crippen LogP contribution in [0.1, 0.15) is 53.4 Å². The van der Waals surface area contributed by atoms with Gasteiger partial charge in [-0.15, -0.1) is 0 Å². The normalized spacial score (nSPS) is 25.3. The lowest BCUT2D eigenvalue weighted by molar-refractivity contribution is -0.0776. The maximum atomic E-state index is 6.09. The van der Waals surface area contributed by atoms with Crippen LogP contribution < -0.4 is 5.32 Å². The molecule has 0 amide bonds. The van der Waals surface area contributed by atoms with Gasteiger partial charge < -0.3 is 9.47 Å². The molecule has 1 fully saturated rings. The Balaban J connectivity index is 2.43. The third kappa shape index (κ3) is 3.94. The summed E-state index contributed by atoms with van der Waals surface area (Å²) in [6.45, 7) is 13.3. The second-order valence-corrected chi connectivity index (χ2v) is 5.83. The number of hydrogen-bond donors (Lipinski definition) is 1. The summed E-state index contributed by atoms with van der Waals surface area (Å²) in [5.74, 6) is 0. The van der Waals surface area contributed by atoms with Gasteiger partial charge in [0, 0.05) is 12.0 Å². The summed E-state index contributed by atoms with van der Waals surface area (Å²) in [7, 11) is 0. The number of ether oxygens (including phenoxy) is 2. The minimum Gasteiger partial charge on any atom is -0.380 e. The summed E-state index contributed by atoms with van der Waals surface area (Å²) in [5, 5.41) is 3.31. The van der Waals surface area contributed by atoms with Crippen molar-refractivity contribution in [1.29, 1.82) is 0 Å². The van der Waals surface area contributed by atoms with Crippen molar-refractivity contribution in [1.82, 2.24) is 5.32 Å². The quantitative estimate of drug-likeness (QED) is 0.724. The Kier molecular flexibility index (Phi) is 6.61. The van der Waals surface area contributed by atoms with Crippen LogP contribution in [0.5, 0.6) is 0 Å². The van der Waals surface area contributed by atoms with Crippen molar-refractivity contribution in [3.8, 4) is 0 Å². The molecule has 0 saturated carbocycles. The van der Waals surface area contributed by atoms with E-state index in [1.807, 2.05) is 0 Å². The Morgan fingerprint density at radius 2 is 1.83 bits per heavy atom. The molecular weight excluding hydrogens is 226 g/mol. The van der Waals surface area contributed by atoms with Crippen LogP contribution in [0.25, 0.3) is 0 Å². The molecule has 1 unspecified atom stereocenters. The molecule has 1 N–H and O–H groups in total. The SMILES string of the molecule is CCC(CC)(CC)COCC1(CC)CNCOC1. The molecule has 1 atom stereocenters. The van der Waals surface area contributed by atoms with E-state index in [0.717, 1.165) is 32.8 Å². The van der Waals surface area contributed by atoms with Crippen molar-refractivity contribution in [2.24, 2.45) is 10.8 Å². The van der Waals surface area contributed by atoms with E-state index < -0.39 is 0 Å². The number of hydrogen-bond acceptors (Lipinski definition) is 3. The van der Waals surface area contributed by atoms with Crippen molar-refractivity contribution >= 4 is 0 Å². The largest absolute Gasteiger partial charge is 0.380 e. The summed E-state index contributed by atoms with van der Waals surface area (Å²) in [6, 6.07) is 0. The highest BCUT2D eigenvalue weighted by molar-refractivity contribution is 4.83. The van der Waals surface area contributed by atoms with Gasteiger partial charge in [-0.25, -0.2) is 0 Å². The van der Waals surface area contributed by atoms with Crippen molar-refractivity contribution in [3.63, 3.8) is 0 Å². The molecule has 0 aromatic rings. The van der Waals surface area contributed by atoms with E-state index in [2.05, 4.69) is 33.0 Å². The maximum absolute atomic E-state index is 6.09. The second kappa shape index (κ2) is 7.46. The van der Waals surface area contributed by atoms with Crippen molar-refractivity contribution in [2.75, 3.05) is 33.1 Å². The average molecular weight is 257 g/mol. The third-order valence-electron chi connectivity index (χ3n) is 4.93. The van der Waals surface area contributed by atoms with Gasteiger partial charge in [0.25, 0.3) is 0 Å². The van der Waals surface area contributed by atoms with Gasteiger partial charge in [0.05, 0.1) is 26.6 Å². The second-order valence-electron chi connectivity index (χ2n) is 5.83. The highest BCUT2D eigenvalue weighted by Crippen LogP contribution is 2.32. The summed E-state index contributed by atoms with van der Waals surface area (Å²) in [6.07, 6.45) is 4.72. The highest BCUT2D eigenvalue weighted by Gasteiger charge is 2.33. The molecule has 1 aliphatic rings. The van der Waals surface area contributed by atoms with Gasteiger partial charge >= 0.3 is 0 Å². The predicted molar refractivity (Wildman–Crippen MR) is 75.7 cm³/mol. The molecule has 3 heteroatoms. The van der Waals surface area contributed by atoms with E-state index in [1.54, 1.807) is 0 Å². The van der Waals surface area contributed by atoms with E-state index in [9.17, 15) is 0 Å². The standard InChI is InChI=1S/C15H31NO2/c1-5-14(6-2,7-3)10-17-11-15(8-4)9-16-13-18-12-15/h16H,5-13H2,1-4H3. The summed E-state index contributed by atoms with van der Waals surface area (Å²) in [5.41, 5.74) is 0.553. The van der Waals surface area contributed by atoms with E-state index in [4.69, 9.17) is 9.47 Å². The van der Waals surface area contributed by atoms with Crippen LogP contribution in [0.15, 0.2) is 0 Å². The molecule has 0 aromatic carbocycles. The first-order chi connectivity index (χ1) is 8.66. The van der Waals surface area contributed by atoms with E-state index in [-0.39, 0.29) is 5.41 Å². The van der Waals surface area contributed by atoms with Gasteiger partial charge in [-0.3, -0.25) is 5.32 Å². The molecule has 0 radical (unpaired) electrons. The first kappa shape index (κ1) is 15.9. The van der Waals surface area contributed by atoms with Crippen LogP contribution >= 0.6 is 0 Å². The lowest BCUT2D eigenvalue weighted by Crippen LogP contribution is -2.47. The fraction of sp³-hybridized carbons (Fsp3) is 1.00. The number of rotatable bonds is 8. The molecule has 0 spiro atoms. The molecule has 18 heavy (non-hydrogen) atoms. The third-order valence-corrected chi connectivity index (χ3v) is 4.93. The molecule has 1 saturated heterocycles. The van der Waals surface area contributed by atoms with Crippen LogP contribution in [0, 0.1) is 10.8 Å². The molecule has 0 aromatic heterocycles. The smallest absolute Gasteiger partial charge is 0.0965 e. The summed E-state index contributed by atoms with van der Waals surface area (Å²) >= 11 is 0. The molecule has 108 valence electrons. The van der Waals surface area contributed by atoms with Gasteiger partial charge in [-0.2, -0.15) is 0 Å². The fourth-order valence-corrected chi connectivity index (χ4v) is 2.67. The Morgan fingerprint density at radius 1 is 1.17 bits per heavy atom. The van der Waals surface area contributed by atoms with Crippen LogP contribution in [0.3, 0.4) is 0 Å². The van der Waals surface area contributed by atoms with Crippen LogP contribution in [0.2, 0.25) is 0 Å². The fourth-order valence-electron chi connectivity index (χ4n) is 2.67. The minimum absolute atomic E-state index is 0.180.